The van der Waals surface area contributed by atoms with E-state index in [1.807, 2.05) is 12.1 Å². The van der Waals surface area contributed by atoms with Crippen molar-refractivity contribution >= 4 is 19.7 Å². The summed E-state index contributed by atoms with van der Waals surface area (Å²) in [5.74, 6) is 1.96. The number of aliphatic hydroxyl groups is 2. The number of aryl methyl sites for hydroxylation is 2. The molecule has 372 valence electrons. The van der Waals surface area contributed by atoms with Crippen LogP contribution in [0.15, 0.2) is 106 Å². The van der Waals surface area contributed by atoms with Crippen molar-refractivity contribution in [2.24, 2.45) is 0 Å². The van der Waals surface area contributed by atoms with Gasteiger partial charge >= 0.3 is 0 Å². The maximum atomic E-state index is 13.1. The Bertz CT molecular complexity index is 3230. The first-order valence-corrected chi connectivity index (χ1v) is 25.1. The van der Waals surface area contributed by atoms with Gasteiger partial charge in [-0.25, -0.2) is 16.8 Å². The molecule has 0 bridgehead atoms. The Labute approximate surface area is 413 Å². The fraction of sp³-hybridized carbons (Fsp3) is 0.250. The lowest BCUT2D eigenvalue weighted by Gasteiger charge is -2.17. The molecule has 22 nitrogen and oxygen atoms in total. The smallest absolute Gasteiger partial charge is 0.204 e. The first kappa shape index (κ1) is 51.4. The predicted octanol–water partition coefficient (Wildman–Crippen LogP) is 5.54. The standard InChI is InChI=1S/2C24H23N5O6S/c2*1-15-7-10-21(35-15)24-28-27-22(29(24)23-19(33-2)5-4-6-20(23)34-3)14-36(31,32)13-18(30)17-9-8-16(11-25)12-26-17/h2*4-10,12,18,30H,13-14H2,1-3H3/t2*18-/m10/s1. The van der Waals surface area contributed by atoms with Crippen LogP contribution in [0.2, 0.25) is 0 Å². The zero-order valence-electron chi connectivity index (χ0n) is 39.5. The molecule has 2 atom stereocenters. The molecule has 2 aromatic carbocycles. The summed E-state index contributed by atoms with van der Waals surface area (Å²) in [7, 11) is -1.91. The Morgan fingerprint density at radius 3 is 1.19 bits per heavy atom. The average Bonchev–Trinajstić information content (AvgIpc) is 4.20. The van der Waals surface area contributed by atoms with E-state index in [1.165, 1.54) is 74.2 Å². The molecule has 0 unspecified atom stereocenters. The Morgan fingerprint density at radius 1 is 0.556 bits per heavy atom. The number of ether oxygens (including phenoxy) is 4. The van der Waals surface area contributed by atoms with E-state index in [9.17, 15) is 27.0 Å². The molecule has 24 heteroatoms. The van der Waals surface area contributed by atoms with Crippen molar-refractivity contribution in [2.45, 2.75) is 37.6 Å². The molecule has 6 aromatic heterocycles. The molecule has 8 rings (SSSR count). The number of benzene rings is 2. The topological polar surface area (TPSA) is 307 Å². The molecule has 0 saturated carbocycles. The summed E-state index contributed by atoms with van der Waals surface area (Å²) >= 11 is 0. The molecular formula is C48H46N10O12S2. The Hall–Kier alpha value is -8.42. The minimum atomic E-state index is -3.92. The second-order valence-electron chi connectivity index (χ2n) is 15.7. The van der Waals surface area contributed by atoms with Crippen LogP contribution in [0, 0.1) is 36.5 Å². The SMILES string of the molecule is COc1cccc(OC)c1-n1c(CS(=O)(=O)C[C@@H](O)c2ccc(C#N)cn2)nnc1-c1ccc(C)o1.COc1cccc(OC)c1-n1c(CS(=O)(=O)C[C@H](O)c2ccc(C#N)cn2)nnc1-c1ccc(C)o1. The van der Waals surface area contributed by atoms with Crippen molar-refractivity contribution in [1.82, 2.24) is 39.5 Å². The van der Waals surface area contributed by atoms with Crippen LogP contribution in [0.25, 0.3) is 34.5 Å². The summed E-state index contributed by atoms with van der Waals surface area (Å²) in [4.78, 5) is 7.96. The van der Waals surface area contributed by atoms with Gasteiger partial charge < -0.3 is 38.0 Å². The van der Waals surface area contributed by atoms with E-state index in [4.69, 9.17) is 38.3 Å². The number of rotatable bonds is 18. The highest BCUT2D eigenvalue weighted by atomic mass is 32.2. The summed E-state index contributed by atoms with van der Waals surface area (Å²) < 4.78 is 89.2. The van der Waals surface area contributed by atoms with E-state index in [0.29, 0.717) is 68.5 Å². The number of para-hydroxylation sites is 2. The van der Waals surface area contributed by atoms with Crippen LogP contribution in [0.3, 0.4) is 0 Å². The third-order valence-corrected chi connectivity index (χ3v) is 13.7. The van der Waals surface area contributed by atoms with Crippen molar-refractivity contribution in [3.8, 4) is 69.7 Å². The number of furan rings is 2. The molecule has 0 aliphatic heterocycles. The van der Waals surface area contributed by atoms with E-state index in [0.717, 1.165) is 0 Å². The van der Waals surface area contributed by atoms with E-state index >= 15 is 0 Å². The lowest BCUT2D eigenvalue weighted by Crippen LogP contribution is -2.19. The van der Waals surface area contributed by atoms with Crippen LogP contribution in [-0.4, -0.2) is 106 Å². The molecule has 6 heterocycles. The molecule has 72 heavy (non-hydrogen) atoms. The molecule has 0 amide bonds. The van der Waals surface area contributed by atoms with Gasteiger partial charge in [-0.1, -0.05) is 12.1 Å². The van der Waals surface area contributed by atoms with Crippen LogP contribution < -0.4 is 18.9 Å². The lowest BCUT2D eigenvalue weighted by atomic mass is 10.2. The van der Waals surface area contributed by atoms with Crippen molar-refractivity contribution in [1.29, 1.82) is 10.5 Å². The van der Waals surface area contributed by atoms with E-state index in [2.05, 4.69) is 30.4 Å². The molecular weight excluding hydrogens is 973 g/mol. The van der Waals surface area contributed by atoms with Gasteiger partial charge in [0.2, 0.25) is 11.6 Å². The van der Waals surface area contributed by atoms with Gasteiger partial charge in [-0.15, -0.1) is 20.4 Å². The normalized spacial score (nSPS) is 12.2. The average molecular weight is 1020 g/mol. The Morgan fingerprint density at radius 2 is 0.917 bits per heavy atom. The third kappa shape index (κ3) is 11.6. The summed E-state index contributed by atoms with van der Waals surface area (Å²) in [6, 6.07) is 26.8. The highest BCUT2D eigenvalue weighted by molar-refractivity contribution is 7.90. The zero-order chi connectivity index (χ0) is 51.7. The Balaban J connectivity index is 0.000000211. The molecule has 0 aliphatic rings. The van der Waals surface area contributed by atoms with Gasteiger partial charge in [0.25, 0.3) is 0 Å². The van der Waals surface area contributed by atoms with Crippen LogP contribution >= 0.6 is 0 Å². The monoisotopic (exact) mass is 1020 g/mol. The Kier molecular flexibility index (Phi) is 15.8. The zero-order valence-corrected chi connectivity index (χ0v) is 41.1. The quantitative estimate of drug-likeness (QED) is 0.107. The highest BCUT2D eigenvalue weighted by Crippen LogP contribution is 2.39. The minimum absolute atomic E-state index is 0.0711. The number of sulfone groups is 2. The van der Waals surface area contributed by atoms with Gasteiger partial charge in [-0.05, 0) is 86.6 Å². The van der Waals surface area contributed by atoms with Gasteiger partial charge in [0.05, 0.1) is 62.5 Å². The number of nitriles is 2. The minimum Gasteiger partial charge on any atom is -0.494 e. The molecule has 0 saturated heterocycles. The summed E-state index contributed by atoms with van der Waals surface area (Å²) in [5.41, 5.74) is 1.67. The number of pyridine rings is 2. The van der Waals surface area contributed by atoms with E-state index < -0.39 is 54.9 Å². The number of hydrogen-bond donors (Lipinski definition) is 2. The number of nitrogens with zero attached hydrogens (tertiary/aromatic N) is 10. The molecule has 8 aromatic rings. The molecule has 0 radical (unpaired) electrons. The first-order chi connectivity index (χ1) is 34.5. The number of hydrogen-bond acceptors (Lipinski definition) is 20. The van der Waals surface area contributed by atoms with Crippen molar-refractivity contribution < 1.29 is 54.8 Å². The number of aromatic nitrogens is 8. The van der Waals surface area contributed by atoms with E-state index in [1.54, 1.807) is 74.5 Å². The summed E-state index contributed by atoms with van der Waals surface area (Å²) in [5, 5.41) is 55.5. The lowest BCUT2D eigenvalue weighted by molar-refractivity contribution is 0.196. The van der Waals surface area contributed by atoms with Gasteiger partial charge in [0.1, 0.15) is 81.7 Å². The van der Waals surface area contributed by atoms with Crippen molar-refractivity contribution in [3.05, 3.63) is 143 Å². The van der Waals surface area contributed by atoms with Crippen LogP contribution in [-0.2, 0) is 31.2 Å². The summed E-state index contributed by atoms with van der Waals surface area (Å²) in [6.45, 7) is 3.55. The second-order valence-corrected chi connectivity index (χ2v) is 19.9. The number of aliphatic hydroxyl groups excluding tert-OH is 2. The molecule has 0 aliphatic carbocycles. The maximum absolute atomic E-state index is 13.1. The largest absolute Gasteiger partial charge is 0.494 e. The van der Waals surface area contributed by atoms with Gasteiger partial charge in [-0.2, -0.15) is 10.5 Å². The molecule has 2 N–H and O–H groups in total. The fourth-order valence-electron chi connectivity index (χ4n) is 7.32. The second kappa shape index (κ2) is 22.1. The molecule has 0 fully saturated rings. The summed E-state index contributed by atoms with van der Waals surface area (Å²) in [6.07, 6.45) is -0.250. The van der Waals surface area contributed by atoms with Gasteiger partial charge in [0.15, 0.2) is 42.8 Å². The molecule has 0 spiro atoms. The van der Waals surface area contributed by atoms with Crippen molar-refractivity contribution in [2.75, 3.05) is 39.9 Å². The fourth-order valence-corrected chi connectivity index (χ4v) is 10.0. The van der Waals surface area contributed by atoms with Crippen LogP contribution in [0.5, 0.6) is 23.0 Å². The number of methoxy groups -OCH3 is 4. The predicted molar refractivity (Wildman–Crippen MR) is 257 cm³/mol. The van der Waals surface area contributed by atoms with Gasteiger partial charge in [0, 0.05) is 12.4 Å². The van der Waals surface area contributed by atoms with Crippen molar-refractivity contribution in [3.63, 3.8) is 0 Å². The highest BCUT2D eigenvalue weighted by Gasteiger charge is 2.31. The first-order valence-electron chi connectivity index (χ1n) is 21.5. The maximum Gasteiger partial charge on any atom is 0.204 e. The van der Waals surface area contributed by atoms with Crippen LogP contribution in [0.1, 0.15) is 57.9 Å². The van der Waals surface area contributed by atoms with E-state index in [-0.39, 0.29) is 34.7 Å². The third-order valence-electron chi connectivity index (χ3n) is 10.7. The van der Waals surface area contributed by atoms with Crippen LogP contribution in [0.4, 0.5) is 0 Å². The van der Waals surface area contributed by atoms with Gasteiger partial charge in [-0.3, -0.25) is 19.1 Å².